The summed E-state index contributed by atoms with van der Waals surface area (Å²) in [7, 11) is -1.39. The lowest BCUT2D eigenvalue weighted by Gasteiger charge is -2.02. The Labute approximate surface area is 137 Å². The van der Waals surface area contributed by atoms with Gasteiger partial charge in [-0.2, -0.15) is 0 Å². The Morgan fingerprint density at radius 3 is 2.48 bits per heavy atom. The summed E-state index contributed by atoms with van der Waals surface area (Å²) in [6.45, 7) is 3.78. The molecule has 3 aromatic rings. The number of aryl methyl sites for hydroxylation is 2. The van der Waals surface area contributed by atoms with E-state index in [1.165, 1.54) is 12.1 Å². The van der Waals surface area contributed by atoms with Crippen molar-refractivity contribution in [2.75, 3.05) is 0 Å². The molecule has 0 fully saturated rings. The molecule has 1 aromatic heterocycles. The third kappa shape index (κ3) is 2.64. The number of furan rings is 1. The van der Waals surface area contributed by atoms with Crippen molar-refractivity contribution in [3.05, 3.63) is 57.1 Å². The van der Waals surface area contributed by atoms with Crippen molar-refractivity contribution in [2.45, 2.75) is 23.6 Å². The summed E-state index contributed by atoms with van der Waals surface area (Å²) in [4.78, 5) is 1.23. The van der Waals surface area contributed by atoms with Gasteiger partial charge >= 0.3 is 0 Å². The Bertz CT molecular complexity index is 853. The van der Waals surface area contributed by atoms with Crippen LogP contribution in [0.3, 0.4) is 0 Å². The second-order valence-corrected chi connectivity index (χ2v) is 7.47. The number of halogens is 2. The normalized spacial score (nSPS) is 12.8. The molecular formula is C16H12FIO2S. The van der Waals surface area contributed by atoms with E-state index in [2.05, 4.69) is 22.6 Å². The van der Waals surface area contributed by atoms with Crippen LogP contribution in [-0.4, -0.2) is 4.21 Å². The molecule has 3 rings (SSSR count). The van der Waals surface area contributed by atoms with Gasteiger partial charge in [0.2, 0.25) is 0 Å². The molecule has 0 saturated heterocycles. The summed E-state index contributed by atoms with van der Waals surface area (Å²) in [5, 5.41) is 0.861. The van der Waals surface area contributed by atoms with Gasteiger partial charge in [-0.25, -0.2) is 8.60 Å². The van der Waals surface area contributed by atoms with Gasteiger partial charge in [-0.05, 0) is 78.4 Å². The summed E-state index contributed by atoms with van der Waals surface area (Å²) in [5.74, 6) is 0.299. The van der Waals surface area contributed by atoms with Gasteiger partial charge in [0, 0.05) is 13.9 Å². The first-order valence-electron chi connectivity index (χ1n) is 6.34. The molecular weight excluding hydrogens is 402 g/mol. The molecule has 0 aliphatic heterocycles. The van der Waals surface area contributed by atoms with Crippen molar-refractivity contribution < 1.29 is 13.0 Å². The minimum atomic E-state index is -1.39. The second-order valence-electron chi connectivity index (χ2n) is 4.81. The van der Waals surface area contributed by atoms with E-state index in [9.17, 15) is 8.60 Å². The van der Waals surface area contributed by atoms with Crippen LogP contribution in [0.25, 0.3) is 11.0 Å². The Morgan fingerprint density at radius 1 is 1.14 bits per heavy atom. The van der Waals surface area contributed by atoms with Crippen LogP contribution in [0.2, 0.25) is 0 Å². The summed E-state index contributed by atoms with van der Waals surface area (Å²) in [5.41, 5.74) is 1.78. The quantitative estimate of drug-likeness (QED) is 0.555. The zero-order valence-corrected chi connectivity index (χ0v) is 14.4. The van der Waals surface area contributed by atoms with E-state index in [4.69, 9.17) is 4.42 Å². The first-order valence-corrected chi connectivity index (χ1v) is 8.57. The number of fused-ring (bicyclic) bond motifs is 1. The Balaban J connectivity index is 2.22. The van der Waals surface area contributed by atoms with Crippen LogP contribution in [0, 0.1) is 23.2 Å². The Kier molecular flexibility index (Phi) is 3.88. The van der Waals surface area contributed by atoms with Gasteiger partial charge < -0.3 is 4.42 Å². The summed E-state index contributed by atoms with van der Waals surface area (Å²) in [6.07, 6.45) is 0. The van der Waals surface area contributed by atoms with Gasteiger partial charge in [0.15, 0.2) is 0 Å². The van der Waals surface area contributed by atoms with Crippen molar-refractivity contribution in [2.24, 2.45) is 0 Å². The molecule has 0 radical (unpaired) electrons. The van der Waals surface area contributed by atoms with E-state index < -0.39 is 10.8 Å². The van der Waals surface area contributed by atoms with Crippen LogP contribution in [0.4, 0.5) is 4.39 Å². The second kappa shape index (κ2) is 5.53. The van der Waals surface area contributed by atoms with Gasteiger partial charge in [-0.15, -0.1) is 0 Å². The largest absolute Gasteiger partial charge is 0.460 e. The highest BCUT2D eigenvalue weighted by atomic mass is 127. The summed E-state index contributed by atoms with van der Waals surface area (Å²) in [6, 6.07) is 9.72. The molecule has 108 valence electrons. The fourth-order valence-electron chi connectivity index (χ4n) is 2.33. The molecule has 0 aliphatic carbocycles. The molecule has 0 unspecified atom stereocenters. The van der Waals surface area contributed by atoms with Gasteiger partial charge in [-0.3, -0.25) is 0 Å². The van der Waals surface area contributed by atoms with E-state index in [1.807, 2.05) is 26.0 Å². The predicted octanol–water partition coefficient (Wildman–Crippen LogP) is 4.96. The third-order valence-corrected chi connectivity index (χ3v) is 5.47. The maximum Gasteiger partial charge on any atom is 0.138 e. The van der Waals surface area contributed by atoms with E-state index in [0.29, 0.717) is 15.6 Å². The van der Waals surface area contributed by atoms with Crippen LogP contribution >= 0.6 is 22.6 Å². The van der Waals surface area contributed by atoms with Crippen molar-refractivity contribution in [3.8, 4) is 0 Å². The van der Waals surface area contributed by atoms with Gasteiger partial charge in [0.25, 0.3) is 0 Å². The van der Waals surface area contributed by atoms with Gasteiger partial charge in [-0.1, -0.05) is 0 Å². The molecule has 0 bridgehead atoms. The summed E-state index contributed by atoms with van der Waals surface area (Å²) < 4.78 is 32.7. The lowest BCUT2D eigenvalue weighted by atomic mass is 10.2. The van der Waals surface area contributed by atoms with E-state index >= 15 is 0 Å². The molecule has 2 nitrogen and oxygen atoms in total. The van der Waals surface area contributed by atoms with Crippen LogP contribution in [-0.2, 0) is 10.8 Å². The lowest BCUT2D eigenvalue weighted by molar-refractivity contribution is 0.564. The maximum absolute atomic E-state index is 13.0. The van der Waals surface area contributed by atoms with Crippen molar-refractivity contribution in [1.29, 1.82) is 0 Å². The molecule has 21 heavy (non-hydrogen) atoms. The number of hydrogen-bond acceptors (Lipinski definition) is 2. The standard InChI is InChI=1S/C16H12FIO2S/c1-9-7-12(18)8-14-15(9)20-10(2)16(14)21(19)13-5-3-11(17)4-6-13/h3-8H,1-2H3/t21-/m0/s1. The highest BCUT2D eigenvalue weighted by molar-refractivity contribution is 14.1. The van der Waals surface area contributed by atoms with Gasteiger partial charge in [0.05, 0.1) is 15.7 Å². The smallest absolute Gasteiger partial charge is 0.138 e. The lowest BCUT2D eigenvalue weighted by Crippen LogP contribution is -1.94. The molecule has 0 N–H and O–H groups in total. The van der Waals surface area contributed by atoms with E-state index in [1.54, 1.807) is 12.1 Å². The Hall–Kier alpha value is -1.21. The third-order valence-electron chi connectivity index (χ3n) is 3.27. The molecule has 1 heterocycles. The topological polar surface area (TPSA) is 30.2 Å². The molecule has 0 saturated carbocycles. The van der Waals surface area contributed by atoms with Crippen LogP contribution in [0.15, 0.2) is 50.6 Å². The average Bonchev–Trinajstić information content (AvgIpc) is 2.75. The van der Waals surface area contributed by atoms with Crippen LogP contribution in [0.5, 0.6) is 0 Å². The predicted molar refractivity (Wildman–Crippen MR) is 89.5 cm³/mol. The maximum atomic E-state index is 13.0. The molecule has 2 aromatic carbocycles. The average molecular weight is 414 g/mol. The highest BCUT2D eigenvalue weighted by Gasteiger charge is 2.20. The van der Waals surface area contributed by atoms with Crippen LogP contribution in [0.1, 0.15) is 11.3 Å². The highest BCUT2D eigenvalue weighted by Crippen LogP contribution is 2.34. The molecule has 0 amide bonds. The minimum Gasteiger partial charge on any atom is -0.460 e. The number of rotatable bonds is 2. The van der Waals surface area contributed by atoms with Crippen molar-refractivity contribution >= 4 is 44.4 Å². The Morgan fingerprint density at radius 2 is 1.81 bits per heavy atom. The number of hydrogen-bond donors (Lipinski definition) is 0. The van der Waals surface area contributed by atoms with Crippen molar-refractivity contribution in [3.63, 3.8) is 0 Å². The fourth-order valence-corrected chi connectivity index (χ4v) is 4.38. The molecule has 0 aliphatic rings. The van der Waals surface area contributed by atoms with Gasteiger partial charge in [0.1, 0.15) is 17.2 Å². The zero-order valence-electron chi connectivity index (χ0n) is 11.4. The monoisotopic (exact) mass is 414 g/mol. The minimum absolute atomic E-state index is 0.338. The first-order chi connectivity index (χ1) is 9.97. The van der Waals surface area contributed by atoms with Crippen molar-refractivity contribution in [1.82, 2.24) is 0 Å². The molecule has 0 spiro atoms. The molecule has 5 heteroatoms. The van der Waals surface area contributed by atoms with E-state index in [0.717, 1.165) is 20.1 Å². The number of benzene rings is 2. The van der Waals surface area contributed by atoms with Crippen LogP contribution < -0.4 is 0 Å². The fraction of sp³-hybridized carbons (Fsp3) is 0.125. The SMILES string of the molecule is Cc1oc2c(C)cc(I)cc2c1[S@@](=O)c1ccc(F)cc1. The summed E-state index contributed by atoms with van der Waals surface area (Å²) >= 11 is 2.23. The zero-order chi connectivity index (χ0) is 15.1. The first kappa shape index (κ1) is 14.7. The molecule has 1 atom stereocenters. The van der Waals surface area contributed by atoms with E-state index in [-0.39, 0.29) is 5.82 Å².